The van der Waals surface area contributed by atoms with Crippen molar-refractivity contribution in [2.45, 2.75) is 30.8 Å². The van der Waals surface area contributed by atoms with Crippen LogP contribution < -0.4 is 10.6 Å². The number of thioether (sulfide) groups is 1. The summed E-state index contributed by atoms with van der Waals surface area (Å²) in [6.07, 6.45) is 0. The fourth-order valence-corrected chi connectivity index (χ4v) is 3.83. The molecule has 25 heavy (non-hydrogen) atoms. The minimum atomic E-state index is -0.590. The topological polar surface area (TPSA) is 58.2 Å². The van der Waals surface area contributed by atoms with Crippen molar-refractivity contribution < 1.29 is 9.59 Å². The minimum absolute atomic E-state index is 0.124. The second-order valence-corrected chi connectivity index (χ2v) is 7.67. The summed E-state index contributed by atoms with van der Waals surface area (Å²) in [5.41, 5.74) is 1.03. The lowest BCUT2D eigenvalue weighted by atomic mass is 10.1. The lowest BCUT2D eigenvalue weighted by molar-refractivity contribution is -0.127. The normalized spacial score (nSPS) is 12.9. The standard InChI is InChI=1S/C19H21BrN2O2S/c1-13(15-7-4-3-5-8-15)21-19(24)18(22-14(2)23)12-25-17-10-6-9-16(20)11-17/h3-11,13,18H,12H2,1-2H3,(H,21,24)(H,22,23). The summed E-state index contributed by atoms with van der Waals surface area (Å²) in [7, 11) is 0. The highest BCUT2D eigenvalue weighted by molar-refractivity contribution is 9.10. The molecule has 0 aliphatic rings. The Kier molecular flexibility index (Phi) is 7.52. The van der Waals surface area contributed by atoms with Crippen LogP contribution in [0.2, 0.25) is 0 Å². The number of hydrogen-bond donors (Lipinski definition) is 2. The molecule has 0 aliphatic heterocycles. The van der Waals surface area contributed by atoms with E-state index in [9.17, 15) is 9.59 Å². The molecule has 132 valence electrons. The molecule has 2 amide bonds. The van der Waals surface area contributed by atoms with Crippen LogP contribution >= 0.6 is 27.7 Å². The van der Waals surface area contributed by atoms with Gasteiger partial charge in [-0.25, -0.2) is 0 Å². The summed E-state index contributed by atoms with van der Waals surface area (Å²) < 4.78 is 0.982. The number of carbonyl (C=O) groups excluding carboxylic acids is 2. The molecule has 2 atom stereocenters. The average molecular weight is 421 g/mol. The van der Waals surface area contributed by atoms with Crippen molar-refractivity contribution in [3.05, 3.63) is 64.6 Å². The van der Waals surface area contributed by atoms with Crippen molar-refractivity contribution in [3.63, 3.8) is 0 Å². The number of carbonyl (C=O) groups is 2. The van der Waals surface area contributed by atoms with E-state index in [1.54, 1.807) is 0 Å². The monoisotopic (exact) mass is 420 g/mol. The highest BCUT2D eigenvalue weighted by Gasteiger charge is 2.21. The summed E-state index contributed by atoms with van der Waals surface area (Å²) in [5.74, 6) is 0.0556. The van der Waals surface area contributed by atoms with Crippen LogP contribution in [-0.2, 0) is 9.59 Å². The second kappa shape index (κ2) is 9.63. The van der Waals surface area contributed by atoms with E-state index in [0.29, 0.717) is 5.75 Å². The molecule has 2 N–H and O–H groups in total. The molecule has 0 saturated carbocycles. The van der Waals surface area contributed by atoms with Gasteiger partial charge in [-0.1, -0.05) is 52.3 Å². The van der Waals surface area contributed by atoms with Gasteiger partial charge in [0, 0.05) is 22.0 Å². The third-order valence-corrected chi connectivity index (χ3v) is 5.15. The van der Waals surface area contributed by atoms with E-state index in [4.69, 9.17) is 0 Å². The molecule has 0 saturated heterocycles. The van der Waals surface area contributed by atoms with Crippen molar-refractivity contribution in [1.29, 1.82) is 0 Å². The lowest BCUT2D eigenvalue weighted by Crippen LogP contribution is -2.48. The van der Waals surface area contributed by atoms with Crippen molar-refractivity contribution in [2.24, 2.45) is 0 Å². The first-order valence-corrected chi connectivity index (χ1v) is 9.74. The zero-order valence-corrected chi connectivity index (χ0v) is 16.6. The molecule has 2 unspecified atom stereocenters. The Balaban J connectivity index is 2.00. The van der Waals surface area contributed by atoms with Gasteiger partial charge >= 0.3 is 0 Å². The van der Waals surface area contributed by atoms with E-state index in [1.807, 2.05) is 61.5 Å². The van der Waals surface area contributed by atoms with E-state index in [2.05, 4.69) is 26.6 Å². The predicted octanol–water partition coefficient (Wildman–Crippen LogP) is 3.92. The van der Waals surface area contributed by atoms with Gasteiger partial charge in [-0.2, -0.15) is 0 Å². The van der Waals surface area contributed by atoms with E-state index >= 15 is 0 Å². The zero-order chi connectivity index (χ0) is 18.2. The van der Waals surface area contributed by atoms with Gasteiger partial charge in [-0.15, -0.1) is 11.8 Å². The van der Waals surface area contributed by atoms with Crippen molar-refractivity contribution in [3.8, 4) is 0 Å². The maximum atomic E-state index is 12.6. The molecule has 2 aromatic carbocycles. The van der Waals surface area contributed by atoms with Crippen LogP contribution in [0.3, 0.4) is 0 Å². The molecule has 6 heteroatoms. The first-order chi connectivity index (χ1) is 12.0. The Morgan fingerprint density at radius 3 is 2.44 bits per heavy atom. The van der Waals surface area contributed by atoms with Gasteiger partial charge in [0.15, 0.2) is 0 Å². The van der Waals surface area contributed by atoms with Crippen LogP contribution in [0.25, 0.3) is 0 Å². The van der Waals surface area contributed by atoms with Crippen molar-refractivity contribution in [2.75, 3.05) is 5.75 Å². The summed E-state index contributed by atoms with van der Waals surface area (Å²) in [4.78, 5) is 25.1. The molecule has 0 aliphatic carbocycles. The van der Waals surface area contributed by atoms with E-state index < -0.39 is 6.04 Å². The quantitative estimate of drug-likeness (QED) is 0.667. The summed E-state index contributed by atoms with van der Waals surface area (Å²) in [6.45, 7) is 3.35. The maximum Gasteiger partial charge on any atom is 0.243 e. The van der Waals surface area contributed by atoms with Crippen LogP contribution in [0.4, 0.5) is 0 Å². The lowest BCUT2D eigenvalue weighted by Gasteiger charge is -2.21. The molecule has 4 nitrogen and oxygen atoms in total. The summed E-state index contributed by atoms with van der Waals surface area (Å²) >= 11 is 4.96. The fourth-order valence-electron chi connectivity index (χ4n) is 2.30. The molecule has 0 aromatic heterocycles. The highest BCUT2D eigenvalue weighted by Crippen LogP contribution is 2.23. The van der Waals surface area contributed by atoms with E-state index in [-0.39, 0.29) is 17.9 Å². The molecular weight excluding hydrogens is 400 g/mol. The number of amides is 2. The fraction of sp³-hybridized carbons (Fsp3) is 0.263. The van der Waals surface area contributed by atoms with Gasteiger partial charge in [-0.05, 0) is 30.7 Å². The van der Waals surface area contributed by atoms with Gasteiger partial charge in [0.25, 0.3) is 0 Å². The number of hydrogen-bond acceptors (Lipinski definition) is 3. The van der Waals surface area contributed by atoms with E-state index in [0.717, 1.165) is 14.9 Å². The Morgan fingerprint density at radius 2 is 1.80 bits per heavy atom. The van der Waals surface area contributed by atoms with Crippen LogP contribution in [0.15, 0.2) is 64.0 Å². The zero-order valence-electron chi connectivity index (χ0n) is 14.2. The number of halogens is 1. The second-order valence-electron chi connectivity index (χ2n) is 5.66. The minimum Gasteiger partial charge on any atom is -0.348 e. The Labute approximate surface area is 160 Å². The third kappa shape index (κ3) is 6.55. The molecule has 0 fully saturated rings. The van der Waals surface area contributed by atoms with Crippen molar-refractivity contribution >= 4 is 39.5 Å². The smallest absolute Gasteiger partial charge is 0.243 e. The largest absolute Gasteiger partial charge is 0.348 e. The van der Waals surface area contributed by atoms with Gasteiger partial charge in [0.05, 0.1) is 6.04 Å². The predicted molar refractivity (Wildman–Crippen MR) is 105 cm³/mol. The van der Waals surface area contributed by atoms with Gasteiger partial charge in [-0.3, -0.25) is 9.59 Å². The maximum absolute atomic E-state index is 12.6. The SMILES string of the molecule is CC(=O)NC(CSc1cccc(Br)c1)C(=O)NC(C)c1ccccc1. The molecular formula is C19H21BrN2O2S. The number of benzene rings is 2. The Hall–Kier alpha value is -1.79. The first-order valence-electron chi connectivity index (χ1n) is 7.96. The van der Waals surface area contributed by atoms with Crippen LogP contribution in [0.1, 0.15) is 25.5 Å². The van der Waals surface area contributed by atoms with Gasteiger partial charge < -0.3 is 10.6 Å². The molecule has 2 aromatic rings. The molecule has 0 heterocycles. The highest BCUT2D eigenvalue weighted by atomic mass is 79.9. The molecule has 0 spiro atoms. The van der Waals surface area contributed by atoms with Gasteiger partial charge in [0.1, 0.15) is 6.04 Å². The van der Waals surface area contributed by atoms with Crippen LogP contribution in [0.5, 0.6) is 0 Å². The Morgan fingerprint density at radius 1 is 1.08 bits per heavy atom. The average Bonchev–Trinajstić information content (AvgIpc) is 2.59. The van der Waals surface area contributed by atoms with Gasteiger partial charge in [0.2, 0.25) is 11.8 Å². The summed E-state index contributed by atoms with van der Waals surface area (Å²) in [6, 6.07) is 16.9. The van der Waals surface area contributed by atoms with E-state index in [1.165, 1.54) is 18.7 Å². The van der Waals surface area contributed by atoms with Crippen LogP contribution in [-0.4, -0.2) is 23.6 Å². The van der Waals surface area contributed by atoms with Crippen LogP contribution in [0, 0.1) is 0 Å². The molecule has 0 radical (unpaired) electrons. The van der Waals surface area contributed by atoms with Crippen molar-refractivity contribution in [1.82, 2.24) is 10.6 Å². The first kappa shape index (κ1) is 19.5. The molecule has 2 rings (SSSR count). The number of rotatable bonds is 7. The number of nitrogens with one attached hydrogen (secondary N) is 2. The third-order valence-electron chi connectivity index (χ3n) is 3.57. The molecule has 0 bridgehead atoms. The summed E-state index contributed by atoms with van der Waals surface area (Å²) in [5, 5.41) is 5.71. The Bertz CT molecular complexity index is 724.